The second-order valence-electron chi connectivity index (χ2n) is 12.5. The Bertz CT molecular complexity index is 1250. The molecular weight excluding hydrogens is 530 g/mol. The lowest BCUT2D eigenvalue weighted by Crippen LogP contribution is -2.47. The topological polar surface area (TPSA) is 52.7 Å². The zero-order chi connectivity index (χ0) is 30.4. The zero-order valence-corrected chi connectivity index (χ0v) is 26.6. The Balaban J connectivity index is 1.40. The summed E-state index contributed by atoms with van der Waals surface area (Å²) in [6.07, 6.45) is 8.68. The highest BCUT2D eigenvalue weighted by atomic mass is 16.2. The first kappa shape index (κ1) is 32.5. The van der Waals surface area contributed by atoms with Gasteiger partial charge in [0, 0.05) is 43.3 Å². The normalized spacial score (nSPS) is 14.1. The van der Waals surface area contributed by atoms with Crippen LogP contribution in [0.15, 0.2) is 78.9 Å². The van der Waals surface area contributed by atoms with Crippen molar-refractivity contribution in [2.75, 3.05) is 26.2 Å². The molecule has 230 valence electrons. The summed E-state index contributed by atoms with van der Waals surface area (Å²) in [5.41, 5.74) is 4.96. The van der Waals surface area contributed by atoms with E-state index in [1.165, 1.54) is 36.8 Å². The quantitative estimate of drug-likeness (QED) is 0.189. The Morgan fingerprint density at radius 3 is 2.09 bits per heavy atom. The monoisotopic (exact) mass is 581 g/mol. The lowest BCUT2D eigenvalue weighted by Gasteiger charge is -2.39. The number of likely N-dealkylation sites (tertiary alicyclic amines) is 1. The van der Waals surface area contributed by atoms with Gasteiger partial charge in [0.05, 0.1) is 0 Å². The number of carbonyl (C=O) groups is 2. The summed E-state index contributed by atoms with van der Waals surface area (Å²) in [6, 6.07) is 26.4. The number of carbonyl (C=O) groups excluding carboxylic acids is 2. The molecule has 1 N–H and O–H groups in total. The number of nitrogens with one attached hydrogen (secondary N) is 1. The number of amides is 2. The summed E-state index contributed by atoms with van der Waals surface area (Å²) in [6.45, 7) is 11.1. The van der Waals surface area contributed by atoms with E-state index in [4.69, 9.17) is 0 Å². The molecule has 1 aliphatic heterocycles. The number of hydrogen-bond acceptors (Lipinski definition) is 3. The van der Waals surface area contributed by atoms with Crippen LogP contribution in [0.2, 0.25) is 0 Å². The number of nitrogens with zero attached hydrogens (tertiary/aromatic N) is 2. The fourth-order valence-corrected chi connectivity index (χ4v) is 5.85. The molecule has 4 rings (SSSR count). The van der Waals surface area contributed by atoms with Gasteiger partial charge in [-0.1, -0.05) is 88.2 Å². The summed E-state index contributed by atoms with van der Waals surface area (Å²) >= 11 is 0. The summed E-state index contributed by atoms with van der Waals surface area (Å²) in [5.74, 6) is 0.737. The minimum Gasteiger partial charge on any atom is -0.352 e. The third kappa shape index (κ3) is 10.4. The number of piperidine rings is 1. The van der Waals surface area contributed by atoms with Gasteiger partial charge in [-0.25, -0.2) is 0 Å². The minimum atomic E-state index is -0.0665. The third-order valence-corrected chi connectivity index (χ3v) is 8.66. The first-order valence-corrected chi connectivity index (χ1v) is 16.5. The van der Waals surface area contributed by atoms with E-state index >= 15 is 0 Å². The molecule has 5 nitrogen and oxygen atoms in total. The summed E-state index contributed by atoms with van der Waals surface area (Å²) in [5, 5.41) is 3.03. The van der Waals surface area contributed by atoms with Gasteiger partial charge in [-0.2, -0.15) is 0 Å². The maximum atomic E-state index is 14.0. The van der Waals surface area contributed by atoms with Gasteiger partial charge in [-0.15, -0.1) is 0 Å². The second kappa shape index (κ2) is 17.0. The Kier molecular flexibility index (Phi) is 12.8. The SMILES string of the molecule is CCCCCc1ccc(C(=O)N(Cc2ccc(C(=O)NCCc3ccccc3)cc2)C2CCN(CCC(C)C)CC2)cc1. The van der Waals surface area contributed by atoms with Crippen LogP contribution >= 0.6 is 0 Å². The van der Waals surface area contributed by atoms with E-state index in [0.717, 1.165) is 56.4 Å². The fourth-order valence-electron chi connectivity index (χ4n) is 5.85. The highest BCUT2D eigenvalue weighted by Crippen LogP contribution is 2.23. The van der Waals surface area contributed by atoms with Gasteiger partial charge in [0.1, 0.15) is 0 Å². The van der Waals surface area contributed by atoms with Gasteiger partial charge >= 0.3 is 0 Å². The molecule has 1 aliphatic rings. The van der Waals surface area contributed by atoms with E-state index in [2.05, 4.69) is 60.2 Å². The van der Waals surface area contributed by atoms with Crippen LogP contribution < -0.4 is 5.32 Å². The standard InChI is InChI=1S/C38H51N3O2/c1-4-5-7-10-32-13-19-35(20-14-32)38(43)41(36-23-27-40(28-24-36)26-22-30(2)3)29-33-15-17-34(18-16-33)37(42)39-25-21-31-11-8-6-9-12-31/h6,8-9,11-20,30,36H,4-5,7,10,21-29H2,1-3H3,(H,39,42). The lowest BCUT2D eigenvalue weighted by molar-refractivity contribution is 0.0546. The van der Waals surface area contributed by atoms with Crippen molar-refractivity contribution in [2.45, 2.75) is 84.7 Å². The van der Waals surface area contributed by atoms with Crippen LogP contribution in [0, 0.1) is 5.92 Å². The Morgan fingerprint density at radius 2 is 1.44 bits per heavy atom. The van der Waals surface area contributed by atoms with Gasteiger partial charge in [-0.05, 0) is 91.9 Å². The highest BCUT2D eigenvalue weighted by molar-refractivity contribution is 5.95. The third-order valence-electron chi connectivity index (χ3n) is 8.66. The molecule has 5 heteroatoms. The molecule has 0 saturated carbocycles. The number of unbranched alkanes of at least 4 members (excludes halogenated alkanes) is 2. The van der Waals surface area contributed by atoms with Gasteiger partial charge in [-0.3, -0.25) is 9.59 Å². The summed E-state index contributed by atoms with van der Waals surface area (Å²) in [7, 11) is 0. The number of hydrogen-bond donors (Lipinski definition) is 1. The van der Waals surface area contributed by atoms with Crippen molar-refractivity contribution < 1.29 is 9.59 Å². The van der Waals surface area contributed by atoms with E-state index in [0.29, 0.717) is 24.6 Å². The predicted molar refractivity (Wildman–Crippen MR) is 177 cm³/mol. The molecule has 2 amide bonds. The van der Waals surface area contributed by atoms with E-state index < -0.39 is 0 Å². The molecule has 0 atom stereocenters. The molecule has 1 fully saturated rings. The van der Waals surface area contributed by atoms with Crippen LogP contribution in [-0.2, 0) is 19.4 Å². The van der Waals surface area contributed by atoms with Crippen LogP contribution in [0.4, 0.5) is 0 Å². The van der Waals surface area contributed by atoms with E-state index in [1.54, 1.807) is 0 Å². The minimum absolute atomic E-state index is 0.0665. The van der Waals surface area contributed by atoms with Crippen molar-refractivity contribution in [3.05, 3.63) is 107 Å². The molecular formula is C38H51N3O2. The zero-order valence-electron chi connectivity index (χ0n) is 26.6. The second-order valence-corrected chi connectivity index (χ2v) is 12.5. The average Bonchev–Trinajstić information content (AvgIpc) is 3.04. The van der Waals surface area contributed by atoms with Crippen LogP contribution in [0.3, 0.4) is 0 Å². The number of aryl methyl sites for hydroxylation is 1. The number of benzene rings is 3. The van der Waals surface area contributed by atoms with Gasteiger partial charge in [0.2, 0.25) is 0 Å². The largest absolute Gasteiger partial charge is 0.352 e. The van der Waals surface area contributed by atoms with Crippen molar-refractivity contribution >= 4 is 11.8 Å². The molecule has 0 spiro atoms. The molecule has 0 radical (unpaired) electrons. The molecule has 3 aromatic carbocycles. The molecule has 0 unspecified atom stereocenters. The van der Waals surface area contributed by atoms with Crippen molar-refractivity contribution in [2.24, 2.45) is 5.92 Å². The maximum Gasteiger partial charge on any atom is 0.254 e. The van der Waals surface area contributed by atoms with Crippen LogP contribution in [-0.4, -0.2) is 53.8 Å². The van der Waals surface area contributed by atoms with Crippen molar-refractivity contribution in [1.82, 2.24) is 15.1 Å². The number of rotatable bonds is 15. The van der Waals surface area contributed by atoms with Crippen LogP contribution in [0.1, 0.15) is 96.7 Å². The predicted octanol–water partition coefficient (Wildman–Crippen LogP) is 7.54. The first-order valence-electron chi connectivity index (χ1n) is 16.5. The van der Waals surface area contributed by atoms with Crippen molar-refractivity contribution in [3.63, 3.8) is 0 Å². The Labute approximate surface area is 259 Å². The van der Waals surface area contributed by atoms with Crippen LogP contribution in [0.25, 0.3) is 0 Å². The first-order chi connectivity index (χ1) is 20.9. The van der Waals surface area contributed by atoms with Crippen molar-refractivity contribution in [1.29, 1.82) is 0 Å². The highest BCUT2D eigenvalue weighted by Gasteiger charge is 2.29. The fraction of sp³-hybridized carbons (Fsp3) is 0.474. The average molecular weight is 582 g/mol. The smallest absolute Gasteiger partial charge is 0.254 e. The Hall–Kier alpha value is -3.44. The van der Waals surface area contributed by atoms with E-state index in [9.17, 15) is 9.59 Å². The molecule has 0 bridgehead atoms. The molecule has 3 aromatic rings. The van der Waals surface area contributed by atoms with Crippen molar-refractivity contribution in [3.8, 4) is 0 Å². The molecule has 0 aromatic heterocycles. The molecule has 0 aliphatic carbocycles. The summed E-state index contributed by atoms with van der Waals surface area (Å²) in [4.78, 5) is 31.4. The lowest BCUT2D eigenvalue weighted by atomic mass is 9.99. The van der Waals surface area contributed by atoms with E-state index in [-0.39, 0.29) is 17.9 Å². The molecule has 1 saturated heterocycles. The van der Waals surface area contributed by atoms with Crippen LogP contribution in [0.5, 0.6) is 0 Å². The Morgan fingerprint density at radius 1 is 0.814 bits per heavy atom. The summed E-state index contributed by atoms with van der Waals surface area (Å²) < 4.78 is 0. The van der Waals surface area contributed by atoms with Gasteiger partial charge in [0.25, 0.3) is 11.8 Å². The maximum absolute atomic E-state index is 14.0. The molecule has 1 heterocycles. The molecule has 43 heavy (non-hydrogen) atoms. The van der Waals surface area contributed by atoms with E-state index in [1.807, 2.05) is 54.6 Å². The van der Waals surface area contributed by atoms with Gasteiger partial charge < -0.3 is 15.1 Å². The van der Waals surface area contributed by atoms with Gasteiger partial charge in [0.15, 0.2) is 0 Å².